The Kier molecular flexibility index (Phi) is 15.0. The average Bonchev–Trinajstić information content (AvgIpc) is 3.43. The summed E-state index contributed by atoms with van der Waals surface area (Å²) in [6.07, 6.45) is 8.03. The Bertz CT molecular complexity index is 1180. The molecule has 1 aromatic heterocycles. The second-order valence-electron chi connectivity index (χ2n) is 11.8. The maximum Gasteiger partial charge on any atom is 0.117 e. The van der Waals surface area contributed by atoms with Crippen molar-refractivity contribution in [2.24, 2.45) is 0 Å². The van der Waals surface area contributed by atoms with Gasteiger partial charge in [-0.25, -0.2) is 0 Å². The molecule has 0 bridgehead atoms. The molecule has 0 N–H and O–H groups in total. The van der Waals surface area contributed by atoms with E-state index in [1.165, 1.54) is 21.2 Å². The van der Waals surface area contributed by atoms with Crippen LogP contribution in [0, 0.1) is 0 Å². The van der Waals surface area contributed by atoms with Crippen LogP contribution in [0.25, 0.3) is 10.1 Å². The highest BCUT2D eigenvalue weighted by molar-refractivity contribution is 7.17. The standard InChI is InChI=1S/C37H54O5S/c1-5-9-20-38-26-32-35(39-21-10-6-2)37(41-23-12-8-4)36(40-22-11-7-3)34(42-32)29-17-15-16-28(24-29)25-30-27-43-33-19-14-13-18-31(30)33/h13-19,24,27,32,34-37H,5-12,20-23,25-26H2,1-4H3/t32-,34+,35-,36+,37+/m1/s1. The molecule has 4 rings (SSSR count). The monoisotopic (exact) mass is 610 g/mol. The largest absolute Gasteiger partial charge is 0.379 e. The fraction of sp³-hybridized carbons (Fsp3) is 0.622. The molecule has 3 aromatic rings. The number of fused-ring (bicyclic) bond motifs is 1. The van der Waals surface area contributed by atoms with Crippen LogP contribution >= 0.6 is 11.3 Å². The van der Waals surface area contributed by atoms with E-state index in [1.54, 1.807) is 0 Å². The number of hydrogen-bond acceptors (Lipinski definition) is 6. The summed E-state index contributed by atoms with van der Waals surface area (Å²) in [5, 5.41) is 3.64. The Hall–Kier alpha value is -1.80. The quantitative estimate of drug-likeness (QED) is 0.119. The van der Waals surface area contributed by atoms with Crippen molar-refractivity contribution in [1.29, 1.82) is 0 Å². The van der Waals surface area contributed by atoms with Gasteiger partial charge < -0.3 is 23.7 Å². The first-order valence-corrected chi connectivity index (χ1v) is 17.7. The van der Waals surface area contributed by atoms with Gasteiger partial charge in [0.25, 0.3) is 0 Å². The molecule has 5 atom stereocenters. The number of thiophene rings is 1. The molecule has 0 spiro atoms. The number of benzene rings is 2. The molecule has 0 amide bonds. The first-order valence-electron chi connectivity index (χ1n) is 16.8. The van der Waals surface area contributed by atoms with Crippen molar-refractivity contribution in [2.75, 3.05) is 33.0 Å². The maximum absolute atomic E-state index is 6.98. The number of rotatable bonds is 20. The minimum absolute atomic E-state index is 0.233. The van der Waals surface area contributed by atoms with Gasteiger partial charge in [0.15, 0.2) is 0 Å². The van der Waals surface area contributed by atoms with Crippen LogP contribution in [0.15, 0.2) is 53.9 Å². The van der Waals surface area contributed by atoms with Crippen LogP contribution < -0.4 is 0 Å². The Morgan fingerprint density at radius 3 is 2.07 bits per heavy atom. The lowest BCUT2D eigenvalue weighted by Gasteiger charge is -2.46. The molecule has 1 fully saturated rings. The molecule has 2 aromatic carbocycles. The number of ether oxygens (including phenoxy) is 5. The van der Waals surface area contributed by atoms with Gasteiger partial charge in [0.2, 0.25) is 0 Å². The Balaban J connectivity index is 1.65. The second kappa shape index (κ2) is 18.9. The van der Waals surface area contributed by atoms with Gasteiger partial charge in [-0.3, -0.25) is 0 Å². The third-order valence-corrected chi connectivity index (χ3v) is 9.23. The van der Waals surface area contributed by atoms with Gasteiger partial charge >= 0.3 is 0 Å². The summed E-state index contributed by atoms with van der Waals surface area (Å²) < 4.78 is 34.5. The van der Waals surface area contributed by atoms with Gasteiger partial charge in [0, 0.05) is 31.1 Å². The molecule has 43 heavy (non-hydrogen) atoms. The summed E-state index contributed by atoms with van der Waals surface area (Å²) in [7, 11) is 0. The first-order chi connectivity index (χ1) is 21.2. The predicted octanol–water partition coefficient (Wildman–Crippen LogP) is 9.30. The van der Waals surface area contributed by atoms with Crippen molar-refractivity contribution >= 4 is 21.4 Å². The van der Waals surface area contributed by atoms with Crippen LogP contribution in [0.3, 0.4) is 0 Å². The topological polar surface area (TPSA) is 46.2 Å². The summed E-state index contributed by atoms with van der Waals surface area (Å²) in [6.45, 7) is 12.0. The minimum atomic E-state index is -0.270. The van der Waals surface area contributed by atoms with Gasteiger partial charge in [-0.15, -0.1) is 11.3 Å². The molecular formula is C37H54O5S. The Labute approximate surface area is 264 Å². The van der Waals surface area contributed by atoms with Crippen molar-refractivity contribution in [3.05, 3.63) is 70.6 Å². The van der Waals surface area contributed by atoms with Gasteiger partial charge in [-0.2, -0.15) is 0 Å². The van der Waals surface area contributed by atoms with Gasteiger partial charge in [-0.05, 0) is 65.6 Å². The summed E-state index contributed by atoms with van der Waals surface area (Å²) in [6, 6.07) is 17.6. The number of unbranched alkanes of at least 4 members (excludes halogenated alkanes) is 4. The second-order valence-corrected chi connectivity index (χ2v) is 12.7. The van der Waals surface area contributed by atoms with Crippen LogP contribution in [-0.4, -0.2) is 57.5 Å². The molecular weight excluding hydrogens is 556 g/mol. The molecule has 5 nitrogen and oxygen atoms in total. The fourth-order valence-corrected chi connectivity index (χ4v) is 6.66. The highest BCUT2D eigenvalue weighted by Gasteiger charge is 2.48. The lowest BCUT2D eigenvalue weighted by atomic mass is 9.89. The fourth-order valence-electron chi connectivity index (χ4n) is 5.70. The average molecular weight is 611 g/mol. The van der Waals surface area contributed by atoms with E-state index in [9.17, 15) is 0 Å². The van der Waals surface area contributed by atoms with Crippen molar-refractivity contribution in [1.82, 2.24) is 0 Å². The van der Waals surface area contributed by atoms with E-state index >= 15 is 0 Å². The molecule has 238 valence electrons. The van der Waals surface area contributed by atoms with Gasteiger partial charge in [0.05, 0.1) is 6.61 Å². The molecule has 0 radical (unpaired) electrons. The molecule has 0 unspecified atom stereocenters. The smallest absolute Gasteiger partial charge is 0.117 e. The van der Waals surface area contributed by atoms with Crippen LogP contribution in [0.5, 0.6) is 0 Å². The summed E-state index contributed by atoms with van der Waals surface area (Å²) in [5.41, 5.74) is 3.77. The molecule has 6 heteroatoms. The SMILES string of the molecule is CCCCOC[C@H]1O[C@@H](c2cccc(Cc3csc4ccccc34)c2)[C@H](OCCCC)[C@@H](OCCCC)[C@@H]1OCCCC. The third-order valence-electron chi connectivity index (χ3n) is 8.22. The zero-order valence-corrected chi connectivity index (χ0v) is 27.7. The number of hydrogen-bond donors (Lipinski definition) is 0. The minimum Gasteiger partial charge on any atom is -0.379 e. The summed E-state index contributed by atoms with van der Waals surface area (Å²) >= 11 is 1.82. The Morgan fingerprint density at radius 2 is 1.35 bits per heavy atom. The van der Waals surface area contributed by atoms with Crippen molar-refractivity contribution in [3.63, 3.8) is 0 Å². The van der Waals surface area contributed by atoms with E-state index in [0.717, 1.165) is 70.0 Å². The zero-order chi connectivity index (χ0) is 30.3. The van der Waals surface area contributed by atoms with Crippen LogP contribution in [-0.2, 0) is 30.1 Å². The summed E-state index contributed by atoms with van der Waals surface area (Å²) in [5.74, 6) is 0. The van der Waals surface area contributed by atoms with E-state index < -0.39 is 0 Å². The molecule has 2 heterocycles. The zero-order valence-electron chi connectivity index (χ0n) is 26.9. The Morgan fingerprint density at radius 1 is 0.698 bits per heavy atom. The normalized spacial score (nSPS) is 22.4. The first kappa shape index (κ1) is 34.1. The van der Waals surface area contributed by atoms with Crippen LogP contribution in [0.1, 0.15) is 102 Å². The van der Waals surface area contributed by atoms with E-state index in [-0.39, 0.29) is 30.5 Å². The third kappa shape index (κ3) is 9.84. The van der Waals surface area contributed by atoms with Gasteiger partial charge in [-0.1, -0.05) is 95.8 Å². The maximum atomic E-state index is 6.98. The molecule has 1 aliphatic rings. The highest BCUT2D eigenvalue weighted by atomic mass is 32.1. The van der Waals surface area contributed by atoms with Crippen LogP contribution in [0.4, 0.5) is 0 Å². The molecule has 0 aliphatic carbocycles. The van der Waals surface area contributed by atoms with Crippen molar-refractivity contribution in [3.8, 4) is 0 Å². The van der Waals surface area contributed by atoms with Gasteiger partial charge in [0.1, 0.15) is 30.5 Å². The highest BCUT2D eigenvalue weighted by Crippen LogP contribution is 2.38. The van der Waals surface area contributed by atoms with Crippen molar-refractivity contribution in [2.45, 2.75) is 116 Å². The lowest BCUT2D eigenvalue weighted by molar-refractivity contribution is -0.268. The van der Waals surface area contributed by atoms with E-state index in [0.29, 0.717) is 26.4 Å². The molecule has 1 aliphatic heterocycles. The predicted molar refractivity (Wildman–Crippen MR) is 178 cm³/mol. The lowest BCUT2D eigenvalue weighted by Crippen LogP contribution is -2.58. The van der Waals surface area contributed by atoms with Crippen molar-refractivity contribution < 1.29 is 23.7 Å². The van der Waals surface area contributed by atoms with E-state index in [2.05, 4.69) is 81.6 Å². The van der Waals surface area contributed by atoms with E-state index in [4.69, 9.17) is 23.7 Å². The van der Waals surface area contributed by atoms with Crippen LogP contribution in [0.2, 0.25) is 0 Å². The molecule has 1 saturated heterocycles. The summed E-state index contributed by atoms with van der Waals surface area (Å²) in [4.78, 5) is 0. The van der Waals surface area contributed by atoms with E-state index in [1.807, 2.05) is 11.3 Å². The molecule has 0 saturated carbocycles.